The van der Waals surface area contributed by atoms with Crippen LogP contribution in [0.3, 0.4) is 0 Å². The molecule has 0 heterocycles. The van der Waals surface area contributed by atoms with Crippen molar-refractivity contribution in [3.63, 3.8) is 0 Å². The molecule has 1 aliphatic rings. The second-order valence-electron chi connectivity index (χ2n) is 5.47. The van der Waals surface area contributed by atoms with Crippen LogP contribution >= 0.6 is 0 Å². The van der Waals surface area contributed by atoms with E-state index in [1.165, 1.54) is 19.3 Å². The third-order valence-electron chi connectivity index (χ3n) is 3.61. The highest BCUT2D eigenvalue weighted by Gasteiger charge is 2.33. The molecule has 0 bridgehead atoms. The highest BCUT2D eigenvalue weighted by atomic mass is 16.3. The summed E-state index contributed by atoms with van der Waals surface area (Å²) in [6.07, 6.45) is 5.82. The topological polar surface area (TPSA) is 46.2 Å². The van der Waals surface area contributed by atoms with E-state index in [0.717, 1.165) is 18.8 Å². The molecule has 1 aliphatic carbocycles. The highest BCUT2D eigenvalue weighted by molar-refractivity contribution is 4.89. The molecule has 0 amide bonds. The van der Waals surface area contributed by atoms with Crippen LogP contribution in [0.5, 0.6) is 0 Å². The summed E-state index contributed by atoms with van der Waals surface area (Å²) in [5.74, 6) is 1.24. The van der Waals surface area contributed by atoms with Crippen LogP contribution in [0, 0.1) is 11.8 Å². The van der Waals surface area contributed by atoms with Crippen molar-refractivity contribution < 1.29 is 5.11 Å². The number of aliphatic hydroxyl groups excluding tert-OH is 1. The molecule has 1 rings (SSSR count). The second-order valence-corrected chi connectivity index (χ2v) is 5.47. The van der Waals surface area contributed by atoms with Crippen LogP contribution in [0.1, 0.15) is 52.9 Å². The van der Waals surface area contributed by atoms with Crippen molar-refractivity contribution in [3.8, 4) is 0 Å². The summed E-state index contributed by atoms with van der Waals surface area (Å²) < 4.78 is 0. The van der Waals surface area contributed by atoms with E-state index in [-0.39, 0.29) is 6.10 Å². The van der Waals surface area contributed by atoms with E-state index in [9.17, 15) is 5.11 Å². The predicted octanol–water partition coefficient (Wildman–Crippen LogP) is 2.30. The average molecular weight is 199 g/mol. The quantitative estimate of drug-likeness (QED) is 0.732. The molecular weight excluding hydrogens is 174 g/mol. The summed E-state index contributed by atoms with van der Waals surface area (Å²) in [4.78, 5) is 0. The zero-order valence-electron chi connectivity index (χ0n) is 9.79. The minimum absolute atomic E-state index is 0.336. The summed E-state index contributed by atoms with van der Waals surface area (Å²) >= 11 is 0. The van der Waals surface area contributed by atoms with E-state index in [2.05, 4.69) is 6.92 Å². The lowest BCUT2D eigenvalue weighted by molar-refractivity contribution is 0.0196. The van der Waals surface area contributed by atoms with Crippen LogP contribution in [0.15, 0.2) is 0 Å². The summed E-state index contributed by atoms with van der Waals surface area (Å²) in [6.45, 7) is 6.09. The maximum absolute atomic E-state index is 10.1. The summed E-state index contributed by atoms with van der Waals surface area (Å²) in [5.41, 5.74) is 5.50. The molecule has 0 aromatic heterocycles. The molecule has 0 aliphatic heterocycles. The van der Waals surface area contributed by atoms with Crippen molar-refractivity contribution in [2.75, 3.05) is 0 Å². The number of hydrogen-bond donors (Lipinski definition) is 2. The van der Waals surface area contributed by atoms with Crippen molar-refractivity contribution in [2.45, 2.75) is 64.5 Å². The van der Waals surface area contributed by atoms with E-state index < -0.39 is 5.54 Å². The van der Waals surface area contributed by atoms with Crippen LogP contribution in [0.25, 0.3) is 0 Å². The SMILES string of the molecule is CCC1CCCC(C(O)C(C)(C)N)C1. The van der Waals surface area contributed by atoms with Crippen molar-refractivity contribution >= 4 is 0 Å². The van der Waals surface area contributed by atoms with Gasteiger partial charge in [-0.3, -0.25) is 0 Å². The molecule has 3 N–H and O–H groups in total. The third kappa shape index (κ3) is 2.96. The van der Waals surface area contributed by atoms with Gasteiger partial charge in [-0.25, -0.2) is 0 Å². The van der Waals surface area contributed by atoms with Gasteiger partial charge < -0.3 is 10.8 Å². The Balaban J connectivity index is 2.51. The van der Waals surface area contributed by atoms with Gasteiger partial charge in [0.25, 0.3) is 0 Å². The molecule has 0 spiro atoms. The molecule has 3 unspecified atom stereocenters. The number of nitrogens with two attached hydrogens (primary N) is 1. The maximum Gasteiger partial charge on any atom is 0.0742 e. The van der Waals surface area contributed by atoms with Crippen molar-refractivity contribution in [2.24, 2.45) is 17.6 Å². The Morgan fingerprint density at radius 1 is 1.43 bits per heavy atom. The number of aliphatic hydroxyl groups is 1. The average Bonchev–Trinajstić information content (AvgIpc) is 2.15. The van der Waals surface area contributed by atoms with E-state index in [0.29, 0.717) is 5.92 Å². The standard InChI is InChI=1S/C12H25NO/c1-4-9-6-5-7-10(8-9)11(14)12(2,3)13/h9-11,14H,4-8,13H2,1-3H3. The Morgan fingerprint density at radius 2 is 2.07 bits per heavy atom. The molecule has 3 atom stereocenters. The molecular formula is C12H25NO. The molecule has 1 saturated carbocycles. The fraction of sp³-hybridized carbons (Fsp3) is 1.00. The van der Waals surface area contributed by atoms with Gasteiger partial charge in [-0.1, -0.05) is 26.2 Å². The molecule has 1 fully saturated rings. The van der Waals surface area contributed by atoms with Gasteiger partial charge in [-0.05, 0) is 38.5 Å². The van der Waals surface area contributed by atoms with Gasteiger partial charge in [-0.15, -0.1) is 0 Å². The van der Waals surface area contributed by atoms with Crippen LogP contribution in [-0.4, -0.2) is 16.7 Å². The first kappa shape index (κ1) is 12.0. The zero-order valence-corrected chi connectivity index (χ0v) is 9.79. The first-order valence-corrected chi connectivity index (χ1v) is 5.92. The fourth-order valence-corrected chi connectivity index (χ4v) is 2.60. The van der Waals surface area contributed by atoms with Crippen LogP contribution in [-0.2, 0) is 0 Å². The molecule has 0 aromatic carbocycles. The lowest BCUT2D eigenvalue weighted by Crippen LogP contribution is -2.49. The van der Waals surface area contributed by atoms with E-state index in [1.54, 1.807) is 0 Å². The van der Waals surface area contributed by atoms with Crippen LogP contribution in [0.4, 0.5) is 0 Å². The van der Waals surface area contributed by atoms with Crippen molar-refractivity contribution in [1.29, 1.82) is 0 Å². The Hall–Kier alpha value is -0.0800. The minimum atomic E-state index is -0.444. The number of rotatable bonds is 3. The molecule has 14 heavy (non-hydrogen) atoms. The summed E-state index contributed by atoms with van der Waals surface area (Å²) in [7, 11) is 0. The van der Waals surface area contributed by atoms with Gasteiger partial charge >= 0.3 is 0 Å². The van der Waals surface area contributed by atoms with Gasteiger partial charge in [0, 0.05) is 5.54 Å². The fourth-order valence-electron chi connectivity index (χ4n) is 2.60. The Kier molecular flexibility index (Phi) is 3.96. The minimum Gasteiger partial charge on any atom is -0.391 e. The predicted molar refractivity (Wildman–Crippen MR) is 60.0 cm³/mol. The van der Waals surface area contributed by atoms with Crippen LogP contribution < -0.4 is 5.73 Å². The van der Waals surface area contributed by atoms with Gasteiger partial charge in [0.2, 0.25) is 0 Å². The Morgan fingerprint density at radius 3 is 2.57 bits per heavy atom. The molecule has 0 saturated heterocycles. The van der Waals surface area contributed by atoms with Gasteiger partial charge in [0.15, 0.2) is 0 Å². The lowest BCUT2D eigenvalue weighted by Gasteiger charge is -2.37. The molecule has 0 aromatic rings. The monoisotopic (exact) mass is 199 g/mol. The first-order valence-electron chi connectivity index (χ1n) is 5.92. The zero-order chi connectivity index (χ0) is 10.8. The lowest BCUT2D eigenvalue weighted by atomic mass is 9.74. The van der Waals surface area contributed by atoms with Crippen molar-refractivity contribution in [3.05, 3.63) is 0 Å². The third-order valence-corrected chi connectivity index (χ3v) is 3.61. The second kappa shape index (κ2) is 4.63. The van der Waals surface area contributed by atoms with E-state index in [1.807, 2.05) is 13.8 Å². The van der Waals surface area contributed by atoms with Gasteiger partial charge in [0.1, 0.15) is 0 Å². The normalized spacial score (nSPS) is 31.5. The molecule has 84 valence electrons. The van der Waals surface area contributed by atoms with E-state index in [4.69, 9.17) is 5.73 Å². The van der Waals surface area contributed by atoms with E-state index >= 15 is 0 Å². The van der Waals surface area contributed by atoms with Crippen LogP contribution in [0.2, 0.25) is 0 Å². The van der Waals surface area contributed by atoms with Crippen molar-refractivity contribution in [1.82, 2.24) is 0 Å². The van der Waals surface area contributed by atoms with Gasteiger partial charge in [-0.2, -0.15) is 0 Å². The maximum atomic E-state index is 10.1. The number of hydrogen-bond acceptors (Lipinski definition) is 2. The molecule has 0 radical (unpaired) electrons. The highest BCUT2D eigenvalue weighted by Crippen LogP contribution is 2.35. The first-order chi connectivity index (χ1) is 6.45. The van der Waals surface area contributed by atoms with Gasteiger partial charge in [0.05, 0.1) is 6.10 Å². The summed E-state index contributed by atoms with van der Waals surface area (Å²) in [5, 5.41) is 10.1. The molecule has 2 heteroatoms. The smallest absolute Gasteiger partial charge is 0.0742 e. The Labute approximate surface area is 87.9 Å². The largest absolute Gasteiger partial charge is 0.391 e. The molecule has 2 nitrogen and oxygen atoms in total. The Bertz CT molecular complexity index is 174. The summed E-state index contributed by atoms with van der Waals surface area (Å²) in [6, 6.07) is 0.